The van der Waals surface area contributed by atoms with Gasteiger partial charge >= 0.3 is 0 Å². The van der Waals surface area contributed by atoms with Crippen LogP contribution in [0.4, 0.5) is 0 Å². The summed E-state index contributed by atoms with van der Waals surface area (Å²) in [6.45, 7) is 3.46. The predicted molar refractivity (Wildman–Crippen MR) is 32.3 cm³/mol. The van der Waals surface area contributed by atoms with E-state index >= 15 is 0 Å². The molecule has 0 bridgehead atoms. The smallest absolute Gasteiger partial charge is 0.0935 e. The Bertz CT molecular complexity index is 118. The lowest BCUT2D eigenvalue weighted by Gasteiger charge is -1.93. The summed E-state index contributed by atoms with van der Waals surface area (Å²) in [5.41, 5.74) is 6.65. The zero-order valence-electron chi connectivity index (χ0n) is 5.11. The third-order valence-corrected chi connectivity index (χ3v) is 1.47. The molecule has 0 saturated carbocycles. The normalized spacial score (nSPS) is 19.2. The van der Waals surface area contributed by atoms with Crippen molar-refractivity contribution < 1.29 is 4.74 Å². The first-order valence-corrected chi connectivity index (χ1v) is 2.86. The molecule has 8 heavy (non-hydrogen) atoms. The van der Waals surface area contributed by atoms with Gasteiger partial charge in [-0.1, -0.05) is 0 Å². The molecule has 0 spiro atoms. The third-order valence-electron chi connectivity index (χ3n) is 1.47. The molecule has 1 heterocycles. The largest absolute Gasteiger partial charge is 0.498 e. The molecule has 0 aromatic carbocycles. The van der Waals surface area contributed by atoms with Crippen molar-refractivity contribution in [2.75, 3.05) is 13.2 Å². The van der Waals surface area contributed by atoms with E-state index in [1.807, 2.05) is 6.92 Å². The van der Waals surface area contributed by atoms with Crippen molar-refractivity contribution in [3.8, 4) is 0 Å². The molecule has 0 amide bonds. The number of hydrogen-bond acceptors (Lipinski definition) is 2. The molecular formula is C6H11NO. The molecular weight excluding hydrogens is 102 g/mol. The summed E-state index contributed by atoms with van der Waals surface area (Å²) in [5, 5.41) is 0. The average Bonchev–Trinajstić information content (AvgIpc) is 2.14. The van der Waals surface area contributed by atoms with E-state index in [0.717, 1.165) is 18.8 Å². The molecule has 0 aromatic heterocycles. The molecule has 0 fully saturated rings. The van der Waals surface area contributed by atoms with Crippen LogP contribution in [-0.4, -0.2) is 13.2 Å². The summed E-state index contributed by atoms with van der Waals surface area (Å²) in [4.78, 5) is 0. The molecule has 2 heteroatoms. The van der Waals surface area contributed by atoms with Gasteiger partial charge in [0.2, 0.25) is 0 Å². The molecule has 0 aliphatic carbocycles. The zero-order valence-corrected chi connectivity index (χ0v) is 5.11. The van der Waals surface area contributed by atoms with Gasteiger partial charge in [0.15, 0.2) is 0 Å². The molecule has 2 N–H and O–H groups in total. The molecule has 0 unspecified atom stereocenters. The monoisotopic (exact) mass is 113 g/mol. The highest BCUT2D eigenvalue weighted by Gasteiger charge is 2.08. The molecule has 46 valence electrons. The Hall–Kier alpha value is -0.500. The number of hydrogen-bond donors (Lipinski definition) is 1. The van der Waals surface area contributed by atoms with E-state index in [0.29, 0.717) is 6.54 Å². The molecule has 2 nitrogen and oxygen atoms in total. The van der Waals surface area contributed by atoms with Crippen LogP contribution in [0.25, 0.3) is 0 Å². The van der Waals surface area contributed by atoms with Crippen LogP contribution in [0.5, 0.6) is 0 Å². The van der Waals surface area contributed by atoms with Crippen molar-refractivity contribution in [1.29, 1.82) is 0 Å². The standard InChI is InChI=1S/C6H11NO/c1-5-6(4-7)2-3-8-5/h2-4,7H2,1H3. The minimum absolute atomic E-state index is 0.659. The summed E-state index contributed by atoms with van der Waals surface area (Å²) in [6, 6.07) is 0. The van der Waals surface area contributed by atoms with Crippen LogP contribution >= 0.6 is 0 Å². The van der Waals surface area contributed by atoms with Crippen molar-refractivity contribution in [3.63, 3.8) is 0 Å². The Kier molecular flexibility index (Phi) is 1.53. The van der Waals surface area contributed by atoms with Gasteiger partial charge in [-0.15, -0.1) is 0 Å². The maximum Gasteiger partial charge on any atom is 0.0935 e. The fourth-order valence-corrected chi connectivity index (χ4v) is 0.851. The maximum atomic E-state index is 5.39. The van der Waals surface area contributed by atoms with Crippen LogP contribution in [-0.2, 0) is 4.74 Å². The minimum Gasteiger partial charge on any atom is -0.498 e. The Morgan fingerprint density at radius 2 is 2.50 bits per heavy atom. The topological polar surface area (TPSA) is 35.2 Å². The van der Waals surface area contributed by atoms with Gasteiger partial charge in [-0.3, -0.25) is 0 Å². The molecule has 1 aliphatic rings. The Morgan fingerprint density at radius 1 is 1.75 bits per heavy atom. The zero-order chi connectivity index (χ0) is 5.98. The van der Waals surface area contributed by atoms with E-state index in [9.17, 15) is 0 Å². The second kappa shape index (κ2) is 2.18. The second-order valence-corrected chi connectivity index (χ2v) is 1.96. The minimum atomic E-state index is 0.659. The van der Waals surface area contributed by atoms with Gasteiger partial charge in [0, 0.05) is 13.0 Å². The van der Waals surface area contributed by atoms with Crippen molar-refractivity contribution in [2.45, 2.75) is 13.3 Å². The van der Waals surface area contributed by atoms with Crippen LogP contribution in [0.1, 0.15) is 13.3 Å². The van der Waals surface area contributed by atoms with Gasteiger partial charge in [0.25, 0.3) is 0 Å². The van der Waals surface area contributed by atoms with Crippen LogP contribution < -0.4 is 5.73 Å². The van der Waals surface area contributed by atoms with E-state index in [4.69, 9.17) is 10.5 Å². The van der Waals surface area contributed by atoms with Crippen LogP contribution in [0, 0.1) is 0 Å². The van der Waals surface area contributed by atoms with Gasteiger partial charge in [0.1, 0.15) is 0 Å². The Morgan fingerprint density at radius 3 is 2.75 bits per heavy atom. The van der Waals surface area contributed by atoms with Crippen LogP contribution in [0.3, 0.4) is 0 Å². The van der Waals surface area contributed by atoms with Crippen molar-refractivity contribution >= 4 is 0 Å². The average molecular weight is 113 g/mol. The van der Waals surface area contributed by atoms with E-state index in [-0.39, 0.29) is 0 Å². The quantitative estimate of drug-likeness (QED) is 0.541. The molecule has 0 radical (unpaired) electrons. The molecule has 1 rings (SSSR count). The van der Waals surface area contributed by atoms with E-state index in [2.05, 4.69) is 0 Å². The predicted octanol–water partition coefficient (Wildman–Crippen LogP) is 0.639. The fraction of sp³-hybridized carbons (Fsp3) is 0.667. The van der Waals surface area contributed by atoms with Gasteiger partial charge < -0.3 is 10.5 Å². The third kappa shape index (κ3) is 0.842. The number of ether oxygens (including phenoxy) is 1. The van der Waals surface area contributed by atoms with Gasteiger partial charge in [-0.2, -0.15) is 0 Å². The van der Waals surface area contributed by atoms with Gasteiger partial charge in [0.05, 0.1) is 12.4 Å². The summed E-state index contributed by atoms with van der Waals surface area (Å²) >= 11 is 0. The summed E-state index contributed by atoms with van der Waals surface area (Å²) < 4.78 is 5.16. The number of allylic oxidation sites excluding steroid dienone is 1. The summed E-state index contributed by atoms with van der Waals surface area (Å²) in [7, 11) is 0. The molecule has 0 atom stereocenters. The molecule has 1 aliphatic heterocycles. The molecule has 0 aromatic rings. The van der Waals surface area contributed by atoms with E-state index in [1.165, 1.54) is 5.57 Å². The highest BCUT2D eigenvalue weighted by Crippen LogP contribution is 2.16. The first-order chi connectivity index (χ1) is 3.84. The van der Waals surface area contributed by atoms with Crippen molar-refractivity contribution in [2.24, 2.45) is 5.73 Å². The first-order valence-electron chi connectivity index (χ1n) is 2.86. The lowest BCUT2D eigenvalue weighted by atomic mass is 10.2. The van der Waals surface area contributed by atoms with Crippen molar-refractivity contribution in [3.05, 3.63) is 11.3 Å². The Labute approximate surface area is 49.3 Å². The lowest BCUT2D eigenvalue weighted by molar-refractivity contribution is 0.246. The number of nitrogens with two attached hydrogens (primary N) is 1. The van der Waals surface area contributed by atoms with Crippen LogP contribution in [0.15, 0.2) is 11.3 Å². The van der Waals surface area contributed by atoms with E-state index in [1.54, 1.807) is 0 Å². The van der Waals surface area contributed by atoms with Gasteiger partial charge in [-0.25, -0.2) is 0 Å². The summed E-state index contributed by atoms with van der Waals surface area (Å²) in [6.07, 6.45) is 1.03. The Balaban J connectivity index is 2.58. The lowest BCUT2D eigenvalue weighted by Crippen LogP contribution is -2.01. The maximum absolute atomic E-state index is 5.39. The highest BCUT2D eigenvalue weighted by molar-refractivity contribution is 5.11. The molecule has 0 saturated heterocycles. The SMILES string of the molecule is CC1=C(CN)CCO1. The van der Waals surface area contributed by atoms with Crippen molar-refractivity contribution in [1.82, 2.24) is 0 Å². The highest BCUT2D eigenvalue weighted by atomic mass is 16.5. The second-order valence-electron chi connectivity index (χ2n) is 1.96. The number of rotatable bonds is 1. The van der Waals surface area contributed by atoms with Crippen LogP contribution in [0.2, 0.25) is 0 Å². The fourth-order valence-electron chi connectivity index (χ4n) is 0.851. The summed E-state index contributed by atoms with van der Waals surface area (Å²) in [5.74, 6) is 1.03. The van der Waals surface area contributed by atoms with E-state index < -0.39 is 0 Å². The first kappa shape index (κ1) is 5.63. The van der Waals surface area contributed by atoms with Gasteiger partial charge in [-0.05, 0) is 12.5 Å².